The van der Waals surface area contributed by atoms with E-state index >= 15 is 0 Å². The molecular formula is C20H18N4O3. The van der Waals surface area contributed by atoms with Crippen LogP contribution in [-0.2, 0) is 22.7 Å². The molecule has 3 aromatic rings. The number of anilines is 2. The molecule has 0 bridgehead atoms. The van der Waals surface area contributed by atoms with E-state index in [-0.39, 0.29) is 5.91 Å². The molecular weight excluding hydrogens is 344 g/mol. The van der Waals surface area contributed by atoms with Crippen molar-refractivity contribution in [3.63, 3.8) is 0 Å². The smallest absolute Gasteiger partial charge is 0.221 e. The summed E-state index contributed by atoms with van der Waals surface area (Å²) >= 11 is 0. The highest BCUT2D eigenvalue weighted by Crippen LogP contribution is 2.31. The molecule has 0 radical (unpaired) electrons. The summed E-state index contributed by atoms with van der Waals surface area (Å²) in [6.07, 6.45) is 0.659. The molecule has 0 saturated carbocycles. The van der Waals surface area contributed by atoms with Gasteiger partial charge in [-0.05, 0) is 18.2 Å². The van der Waals surface area contributed by atoms with Crippen LogP contribution in [0.2, 0.25) is 0 Å². The van der Waals surface area contributed by atoms with E-state index in [1.165, 1.54) is 6.92 Å². The van der Waals surface area contributed by atoms with Gasteiger partial charge >= 0.3 is 0 Å². The van der Waals surface area contributed by atoms with Gasteiger partial charge in [0, 0.05) is 35.5 Å². The number of benzene rings is 2. The molecule has 1 aliphatic rings. The van der Waals surface area contributed by atoms with Crippen molar-refractivity contribution in [2.75, 3.05) is 10.6 Å². The second-order valence-electron chi connectivity index (χ2n) is 6.28. The molecule has 2 aromatic carbocycles. The van der Waals surface area contributed by atoms with E-state index in [9.17, 15) is 9.59 Å². The Kier molecular flexibility index (Phi) is 4.33. The Morgan fingerprint density at radius 2 is 2.07 bits per heavy atom. The number of ether oxygens (including phenoxy) is 1. The van der Waals surface area contributed by atoms with Gasteiger partial charge in [0.25, 0.3) is 0 Å². The van der Waals surface area contributed by atoms with Crippen molar-refractivity contribution >= 4 is 23.7 Å². The number of hydrogen-bond acceptors (Lipinski definition) is 4. The third kappa shape index (κ3) is 3.39. The van der Waals surface area contributed by atoms with Gasteiger partial charge in [0.05, 0.1) is 17.9 Å². The number of carbonyl (C=O) groups is 2. The van der Waals surface area contributed by atoms with Crippen LogP contribution in [0.3, 0.4) is 0 Å². The minimum Gasteiger partial charge on any atom is -0.487 e. The molecule has 7 heteroatoms. The Morgan fingerprint density at radius 3 is 2.89 bits per heavy atom. The van der Waals surface area contributed by atoms with Crippen LogP contribution in [0.4, 0.5) is 11.4 Å². The topological polar surface area (TPSA) is 85.2 Å². The second-order valence-corrected chi connectivity index (χ2v) is 6.28. The predicted molar refractivity (Wildman–Crippen MR) is 102 cm³/mol. The lowest BCUT2D eigenvalue weighted by molar-refractivity contribution is -0.114. The first kappa shape index (κ1) is 16.8. The molecule has 0 aliphatic carbocycles. The van der Waals surface area contributed by atoms with E-state index in [4.69, 9.17) is 9.84 Å². The summed E-state index contributed by atoms with van der Waals surface area (Å²) in [5.41, 5.74) is 4.96. The summed E-state index contributed by atoms with van der Waals surface area (Å²) in [5.74, 6) is 0.611. The van der Waals surface area contributed by atoms with Gasteiger partial charge in [0.2, 0.25) is 12.3 Å². The molecule has 2 heterocycles. The van der Waals surface area contributed by atoms with Crippen molar-refractivity contribution in [1.29, 1.82) is 0 Å². The number of aromatic nitrogens is 2. The maximum Gasteiger partial charge on any atom is 0.221 e. The standard InChI is InChI=1S/C20H18N4O3/c1-13(26)22-15-7-6-14-10-24-16(11-27-20(14)8-15)9-19(23-24)17-4-2-3-5-18(17)21-12-25/h2-9,12H,10-11H2,1H3,(H,21,25)(H,22,26). The molecule has 7 nitrogen and oxygen atoms in total. The number of carbonyl (C=O) groups excluding carboxylic acids is 2. The summed E-state index contributed by atoms with van der Waals surface area (Å²) in [7, 11) is 0. The van der Waals surface area contributed by atoms with Gasteiger partial charge < -0.3 is 15.4 Å². The lowest BCUT2D eigenvalue weighted by Gasteiger charge is -2.10. The number of fused-ring (bicyclic) bond motifs is 2. The van der Waals surface area contributed by atoms with Gasteiger partial charge in [-0.25, -0.2) is 0 Å². The third-order valence-electron chi connectivity index (χ3n) is 4.36. The second kappa shape index (κ2) is 6.95. The monoisotopic (exact) mass is 362 g/mol. The summed E-state index contributed by atoms with van der Waals surface area (Å²) in [6, 6.07) is 15.1. The lowest BCUT2D eigenvalue weighted by Crippen LogP contribution is -2.06. The zero-order valence-corrected chi connectivity index (χ0v) is 14.7. The molecule has 0 spiro atoms. The third-order valence-corrected chi connectivity index (χ3v) is 4.36. The van der Waals surface area contributed by atoms with Crippen LogP contribution in [0.25, 0.3) is 11.3 Å². The van der Waals surface area contributed by atoms with Gasteiger partial charge in [-0.1, -0.05) is 24.3 Å². The molecule has 0 unspecified atom stereocenters. The van der Waals surface area contributed by atoms with Crippen molar-refractivity contribution in [3.8, 4) is 17.0 Å². The van der Waals surface area contributed by atoms with Crippen LogP contribution in [0, 0.1) is 0 Å². The minimum atomic E-state index is -0.122. The molecule has 1 aromatic heterocycles. The van der Waals surface area contributed by atoms with Gasteiger partial charge in [-0.2, -0.15) is 5.10 Å². The average Bonchev–Trinajstić information content (AvgIpc) is 2.97. The van der Waals surface area contributed by atoms with Crippen LogP contribution in [0.1, 0.15) is 18.2 Å². The van der Waals surface area contributed by atoms with Crippen molar-refractivity contribution in [2.45, 2.75) is 20.1 Å². The molecule has 0 atom stereocenters. The van der Waals surface area contributed by atoms with E-state index < -0.39 is 0 Å². The van der Waals surface area contributed by atoms with Crippen molar-refractivity contribution in [3.05, 3.63) is 59.8 Å². The Hall–Kier alpha value is -3.61. The van der Waals surface area contributed by atoms with E-state index in [1.807, 2.05) is 53.2 Å². The minimum absolute atomic E-state index is 0.122. The first-order valence-corrected chi connectivity index (χ1v) is 8.53. The largest absolute Gasteiger partial charge is 0.487 e. The molecule has 0 fully saturated rings. The fourth-order valence-corrected chi connectivity index (χ4v) is 3.15. The Bertz CT molecular complexity index is 1030. The summed E-state index contributed by atoms with van der Waals surface area (Å²) in [5, 5.41) is 10.2. The van der Waals surface area contributed by atoms with Crippen LogP contribution in [0.15, 0.2) is 48.5 Å². The number of amides is 2. The summed E-state index contributed by atoms with van der Waals surface area (Å²) in [4.78, 5) is 22.1. The van der Waals surface area contributed by atoms with Crippen LogP contribution in [-0.4, -0.2) is 22.1 Å². The van der Waals surface area contributed by atoms with Crippen LogP contribution in [0.5, 0.6) is 5.75 Å². The van der Waals surface area contributed by atoms with Crippen molar-refractivity contribution in [1.82, 2.24) is 9.78 Å². The molecule has 4 rings (SSSR count). The Balaban J connectivity index is 1.66. The highest BCUT2D eigenvalue weighted by molar-refractivity contribution is 5.89. The van der Waals surface area contributed by atoms with Gasteiger partial charge in [0.15, 0.2) is 0 Å². The molecule has 136 valence electrons. The number of hydrogen-bond donors (Lipinski definition) is 2. The zero-order chi connectivity index (χ0) is 18.8. The van der Waals surface area contributed by atoms with Crippen LogP contribution < -0.4 is 15.4 Å². The quantitative estimate of drug-likeness (QED) is 0.699. The predicted octanol–water partition coefficient (Wildman–Crippen LogP) is 3.02. The molecule has 0 saturated heterocycles. The molecule has 2 N–H and O–H groups in total. The maximum atomic E-state index is 11.2. The Morgan fingerprint density at radius 1 is 1.22 bits per heavy atom. The highest BCUT2D eigenvalue weighted by atomic mass is 16.5. The number of nitrogens with one attached hydrogen (secondary N) is 2. The first-order valence-electron chi connectivity index (χ1n) is 8.53. The molecule has 1 aliphatic heterocycles. The number of para-hydroxylation sites is 1. The normalized spacial score (nSPS) is 12.2. The van der Waals surface area contributed by atoms with E-state index in [0.717, 1.165) is 28.3 Å². The maximum absolute atomic E-state index is 11.2. The number of rotatable bonds is 4. The van der Waals surface area contributed by atoms with Gasteiger partial charge in [-0.15, -0.1) is 0 Å². The summed E-state index contributed by atoms with van der Waals surface area (Å²) < 4.78 is 7.84. The Labute approximate surface area is 156 Å². The SMILES string of the molecule is CC(=O)Nc1ccc2c(c1)OCc1cc(-c3ccccc3NC=O)nn1C2. The summed E-state index contributed by atoms with van der Waals surface area (Å²) in [6.45, 7) is 2.40. The van der Waals surface area contributed by atoms with Gasteiger partial charge in [-0.3, -0.25) is 14.3 Å². The fourth-order valence-electron chi connectivity index (χ4n) is 3.15. The van der Waals surface area contributed by atoms with Gasteiger partial charge in [0.1, 0.15) is 12.4 Å². The lowest BCUT2D eigenvalue weighted by atomic mass is 10.1. The van der Waals surface area contributed by atoms with E-state index in [2.05, 4.69) is 10.6 Å². The van der Waals surface area contributed by atoms with Crippen molar-refractivity contribution < 1.29 is 14.3 Å². The van der Waals surface area contributed by atoms with Crippen LogP contribution >= 0.6 is 0 Å². The zero-order valence-electron chi connectivity index (χ0n) is 14.7. The van der Waals surface area contributed by atoms with E-state index in [0.29, 0.717) is 30.9 Å². The van der Waals surface area contributed by atoms with Crippen molar-refractivity contribution in [2.24, 2.45) is 0 Å². The average molecular weight is 362 g/mol. The molecule has 2 amide bonds. The molecule has 27 heavy (non-hydrogen) atoms. The highest BCUT2D eigenvalue weighted by Gasteiger charge is 2.18. The van der Waals surface area contributed by atoms with E-state index in [1.54, 1.807) is 0 Å². The number of nitrogens with zero attached hydrogens (tertiary/aromatic N) is 2. The fraction of sp³-hybridized carbons (Fsp3) is 0.150. The first-order chi connectivity index (χ1) is 13.1.